The molecule has 0 saturated carbocycles. The molecule has 1 aromatic heterocycles. The molecule has 0 spiro atoms. The van der Waals surface area contributed by atoms with Crippen molar-refractivity contribution in [3.8, 4) is 12.3 Å². The van der Waals surface area contributed by atoms with E-state index in [1.165, 1.54) is 0 Å². The largest absolute Gasteiger partial charge is 2.00 e. The van der Waals surface area contributed by atoms with Gasteiger partial charge in [-0.3, -0.25) is 0 Å². The van der Waals surface area contributed by atoms with Gasteiger partial charge in [-0.05, 0) is 19.1 Å². The van der Waals surface area contributed by atoms with Crippen LogP contribution in [-0.2, 0) is 0 Å². The fourth-order valence-corrected chi connectivity index (χ4v) is 0.845. The van der Waals surface area contributed by atoms with E-state index >= 15 is 0 Å². The number of aliphatic hydroxyl groups is 1. The molecule has 0 aliphatic heterocycles. The summed E-state index contributed by atoms with van der Waals surface area (Å²) in [5.41, 5.74) is 0. The monoisotopic (exact) mass is 244 g/mol. The van der Waals surface area contributed by atoms with E-state index in [0.29, 0.717) is 12.2 Å². The van der Waals surface area contributed by atoms with Crippen molar-refractivity contribution < 1.29 is 34.3 Å². The first-order chi connectivity index (χ1) is 5.24. The molecule has 0 aliphatic carbocycles. The molecule has 1 unspecified atom stereocenters. The molecule has 14 heavy (non-hydrogen) atoms. The van der Waals surface area contributed by atoms with Crippen LogP contribution in [0.1, 0.15) is 24.0 Å². The third kappa shape index (κ3) is 5.79. The number of rotatable bonds is 2. The zero-order chi connectivity index (χ0) is 8.27. The molecule has 0 radical (unpaired) electrons. The molecule has 5 heteroatoms. The van der Waals surface area contributed by atoms with Crippen molar-refractivity contribution in [1.82, 2.24) is 0 Å². The Morgan fingerprint density at radius 1 is 1.50 bits per heavy atom. The van der Waals surface area contributed by atoms with E-state index in [0.717, 1.165) is 5.76 Å². The van der Waals surface area contributed by atoms with Crippen LogP contribution in [0.4, 0.5) is 0 Å². The second-order valence-electron chi connectivity index (χ2n) is 2.37. The first-order valence-electron chi connectivity index (χ1n) is 3.42. The molecule has 0 aromatic carbocycles. The third-order valence-corrected chi connectivity index (χ3v) is 1.40. The number of terminal acetylenes is 1. The first-order valence-corrected chi connectivity index (χ1v) is 3.42. The summed E-state index contributed by atoms with van der Waals surface area (Å²) in [5.74, 6) is 3.70. The average Bonchev–Trinajstić information content (AvgIpc) is 2.36. The van der Waals surface area contributed by atoms with Gasteiger partial charge in [-0.2, -0.15) is 0 Å². The first kappa shape index (κ1) is 19.7. The second kappa shape index (κ2) is 9.69. The van der Waals surface area contributed by atoms with Gasteiger partial charge in [0, 0.05) is 6.42 Å². The molecule has 1 rings (SSSR count). The quantitative estimate of drug-likeness (QED) is 0.419. The Hall–Kier alpha value is 0.146. The van der Waals surface area contributed by atoms with E-state index in [1.54, 1.807) is 12.1 Å². The number of furan rings is 1. The number of hydrogen-bond acceptors (Lipinski definition) is 2. The molecule has 1 heterocycles. The van der Waals surface area contributed by atoms with Crippen molar-refractivity contribution >= 4 is 23.1 Å². The van der Waals surface area contributed by atoms with Crippen LogP contribution in [-0.4, -0.2) is 28.2 Å². The summed E-state index contributed by atoms with van der Waals surface area (Å²) in [4.78, 5) is 0. The van der Waals surface area contributed by atoms with Crippen molar-refractivity contribution in [3.63, 3.8) is 0 Å². The van der Waals surface area contributed by atoms with E-state index in [9.17, 15) is 5.11 Å². The van der Waals surface area contributed by atoms with Gasteiger partial charge in [0.15, 0.2) is 0 Å². The van der Waals surface area contributed by atoms with Gasteiger partial charge in [0.2, 0.25) is 0 Å². The molecule has 0 amide bonds. The third-order valence-electron chi connectivity index (χ3n) is 1.40. The van der Waals surface area contributed by atoms with Crippen LogP contribution in [0.15, 0.2) is 16.5 Å². The van der Waals surface area contributed by atoms with Gasteiger partial charge in [-0.25, -0.2) is 0 Å². The Labute approximate surface area is 112 Å². The van der Waals surface area contributed by atoms with Gasteiger partial charge in [0.05, 0.1) is 0 Å². The molecule has 0 bridgehead atoms. The Morgan fingerprint density at radius 2 is 2.07 bits per heavy atom. The molecular weight excluding hydrogens is 235 g/mol. The molecule has 1 atom stereocenters. The summed E-state index contributed by atoms with van der Waals surface area (Å²) < 4.78 is 5.15. The van der Waals surface area contributed by atoms with Gasteiger partial charge >= 0.3 is 23.1 Å². The molecule has 1 aromatic rings. The van der Waals surface area contributed by atoms with Crippen LogP contribution in [0.3, 0.4) is 0 Å². The SMILES string of the molecule is C#CCC(O)c1ccc(C)o1.[Cl-].[Cl-].[Mg+2]. The molecule has 2 nitrogen and oxygen atoms in total. The minimum absolute atomic E-state index is 0. The minimum atomic E-state index is -0.659. The van der Waals surface area contributed by atoms with Gasteiger partial charge in [-0.1, -0.05) is 0 Å². The Kier molecular flexibility index (Phi) is 13.6. The minimum Gasteiger partial charge on any atom is -1.00 e. The standard InChI is InChI=1S/C9H10O2.2ClH.Mg/c1-3-4-8(10)9-6-5-7(2)11-9;;;/h1,5-6,8,10H,4H2,2H3;2*1H;/q;;;+2/p-2. The number of aliphatic hydroxyl groups excluding tert-OH is 1. The summed E-state index contributed by atoms with van der Waals surface area (Å²) in [6.07, 6.45) is 4.66. The summed E-state index contributed by atoms with van der Waals surface area (Å²) in [7, 11) is 0. The molecule has 0 saturated heterocycles. The van der Waals surface area contributed by atoms with Gasteiger partial charge in [-0.15, -0.1) is 12.3 Å². The van der Waals surface area contributed by atoms with Crippen LogP contribution in [0, 0.1) is 19.3 Å². The van der Waals surface area contributed by atoms with E-state index in [-0.39, 0.29) is 47.9 Å². The number of aryl methyl sites for hydroxylation is 1. The van der Waals surface area contributed by atoms with Crippen molar-refractivity contribution in [2.24, 2.45) is 0 Å². The van der Waals surface area contributed by atoms with Crippen LogP contribution in [0.5, 0.6) is 0 Å². The van der Waals surface area contributed by atoms with Crippen LogP contribution >= 0.6 is 0 Å². The fourth-order valence-electron chi connectivity index (χ4n) is 0.845. The molecule has 0 aliphatic rings. The molecule has 0 fully saturated rings. The van der Waals surface area contributed by atoms with E-state index < -0.39 is 6.10 Å². The van der Waals surface area contributed by atoms with Gasteiger partial charge in [0.1, 0.15) is 17.6 Å². The Morgan fingerprint density at radius 3 is 2.43 bits per heavy atom. The van der Waals surface area contributed by atoms with E-state index in [2.05, 4.69) is 5.92 Å². The number of halogens is 2. The Bertz CT molecular complexity index is 281. The maximum Gasteiger partial charge on any atom is 2.00 e. The summed E-state index contributed by atoms with van der Waals surface area (Å²) in [6, 6.07) is 3.53. The molecule has 74 valence electrons. The van der Waals surface area contributed by atoms with Crippen LogP contribution in [0.2, 0.25) is 0 Å². The zero-order valence-electron chi connectivity index (χ0n) is 7.84. The predicted octanol–water partition coefficient (Wildman–Crippen LogP) is -4.73. The van der Waals surface area contributed by atoms with Crippen molar-refractivity contribution in [3.05, 3.63) is 23.7 Å². The second-order valence-corrected chi connectivity index (χ2v) is 2.37. The number of hydrogen-bond donors (Lipinski definition) is 1. The summed E-state index contributed by atoms with van der Waals surface area (Å²) >= 11 is 0. The van der Waals surface area contributed by atoms with Crippen molar-refractivity contribution in [1.29, 1.82) is 0 Å². The van der Waals surface area contributed by atoms with Crippen molar-refractivity contribution in [2.75, 3.05) is 0 Å². The van der Waals surface area contributed by atoms with Crippen molar-refractivity contribution in [2.45, 2.75) is 19.4 Å². The fraction of sp³-hybridized carbons (Fsp3) is 0.333. The van der Waals surface area contributed by atoms with Crippen LogP contribution < -0.4 is 24.8 Å². The zero-order valence-corrected chi connectivity index (χ0v) is 10.8. The Balaban J connectivity index is -0.000000403. The smallest absolute Gasteiger partial charge is 1.00 e. The topological polar surface area (TPSA) is 33.4 Å². The van der Waals surface area contributed by atoms with Gasteiger partial charge in [0.25, 0.3) is 0 Å². The molecule has 1 N–H and O–H groups in total. The summed E-state index contributed by atoms with van der Waals surface area (Å²) in [6.45, 7) is 1.83. The van der Waals surface area contributed by atoms with Gasteiger partial charge < -0.3 is 34.3 Å². The average molecular weight is 245 g/mol. The van der Waals surface area contributed by atoms with Crippen LogP contribution in [0.25, 0.3) is 0 Å². The summed E-state index contributed by atoms with van der Waals surface area (Å²) in [5, 5.41) is 9.30. The normalized spacial score (nSPS) is 9.79. The van der Waals surface area contributed by atoms with E-state index in [1.807, 2.05) is 6.92 Å². The maximum atomic E-state index is 9.30. The van der Waals surface area contributed by atoms with E-state index in [4.69, 9.17) is 10.8 Å². The molecular formula is C9H10Cl2MgO2. The maximum absolute atomic E-state index is 9.30. The predicted molar refractivity (Wildman–Crippen MR) is 47.6 cm³/mol.